The predicted molar refractivity (Wildman–Crippen MR) is 54.0 cm³/mol. The van der Waals surface area contributed by atoms with E-state index in [1.807, 2.05) is 12.4 Å². The molecule has 4 heteroatoms. The highest BCUT2D eigenvalue weighted by molar-refractivity contribution is 5.08. The molecule has 0 amide bonds. The molecular weight excluding hydrogens is 178 g/mol. The summed E-state index contributed by atoms with van der Waals surface area (Å²) in [6.45, 7) is 5.14. The summed E-state index contributed by atoms with van der Waals surface area (Å²) in [6, 6.07) is 0.808. The van der Waals surface area contributed by atoms with Crippen LogP contribution in [0.1, 0.15) is 31.9 Å². The lowest BCUT2D eigenvalue weighted by molar-refractivity contribution is 0.111. The normalized spacial score (nSPS) is 29.3. The van der Waals surface area contributed by atoms with Crippen LogP contribution in [-0.2, 0) is 4.74 Å². The molecule has 1 aromatic rings. The summed E-state index contributed by atoms with van der Waals surface area (Å²) in [5.41, 5.74) is 1.20. The first-order valence-electron chi connectivity index (χ1n) is 5.13. The van der Waals surface area contributed by atoms with E-state index in [-0.39, 0.29) is 0 Å². The molecule has 2 N–H and O–H groups in total. The van der Waals surface area contributed by atoms with E-state index in [1.165, 1.54) is 5.56 Å². The van der Waals surface area contributed by atoms with Crippen LogP contribution >= 0.6 is 0 Å². The number of aromatic nitrogens is 2. The Bertz CT molecular complexity index is 273. The van der Waals surface area contributed by atoms with Crippen molar-refractivity contribution in [3.05, 3.63) is 18.0 Å². The molecule has 0 aromatic carbocycles. The number of hydrogen-bond acceptors (Lipinski definition) is 3. The van der Waals surface area contributed by atoms with Crippen LogP contribution in [0.3, 0.4) is 0 Å². The van der Waals surface area contributed by atoms with Crippen LogP contribution in [0, 0.1) is 0 Å². The Hall–Kier alpha value is -0.870. The molecule has 1 aliphatic rings. The Morgan fingerprint density at radius 1 is 1.71 bits per heavy atom. The SMILES string of the molecule is CC(NC1CCOC1C)c1cn[nH]c1. The fourth-order valence-electron chi connectivity index (χ4n) is 1.87. The molecule has 0 saturated carbocycles. The van der Waals surface area contributed by atoms with Crippen molar-refractivity contribution in [1.29, 1.82) is 0 Å². The van der Waals surface area contributed by atoms with E-state index >= 15 is 0 Å². The van der Waals surface area contributed by atoms with Gasteiger partial charge in [0.1, 0.15) is 0 Å². The first-order chi connectivity index (χ1) is 6.77. The summed E-state index contributed by atoms with van der Waals surface area (Å²) in [4.78, 5) is 0. The van der Waals surface area contributed by atoms with Crippen molar-refractivity contribution in [3.63, 3.8) is 0 Å². The molecular formula is C10H17N3O. The van der Waals surface area contributed by atoms with Crippen molar-refractivity contribution in [3.8, 4) is 0 Å². The van der Waals surface area contributed by atoms with Crippen LogP contribution in [-0.4, -0.2) is 29.0 Å². The molecule has 14 heavy (non-hydrogen) atoms. The highest BCUT2D eigenvalue weighted by Gasteiger charge is 2.25. The monoisotopic (exact) mass is 195 g/mol. The smallest absolute Gasteiger partial charge is 0.0700 e. The molecule has 0 spiro atoms. The Kier molecular flexibility index (Phi) is 2.84. The van der Waals surface area contributed by atoms with E-state index in [1.54, 1.807) is 0 Å². The lowest BCUT2D eigenvalue weighted by Gasteiger charge is -2.20. The molecule has 0 radical (unpaired) electrons. The summed E-state index contributed by atoms with van der Waals surface area (Å²) in [5, 5.41) is 10.3. The third-order valence-electron chi connectivity index (χ3n) is 2.86. The summed E-state index contributed by atoms with van der Waals surface area (Å²) in [7, 11) is 0. The van der Waals surface area contributed by atoms with Gasteiger partial charge < -0.3 is 10.1 Å². The van der Waals surface area contributed by atoms with Gasteiger partial charge in [0.2, 0.25) is 0 Å². The van der Waals surface area contributed by atoms with E-state index in [4.69, 9.17) is 4.74 Å². The Balaban J connectivity index is 1.91. The lowest BCUT2D eigenvalue weighted by Crippen LogP contribution is -2.36. The Labute approximate surface area is 84.0 Å². The molecule has 1 aliphatic heterocycles. The molecule has 2 rings (SSSR count). The van der Waals surface area contributed by atoms with Crippen molar-refractivity contribution in [2.75, 3.05) is 6.61 Å². The number of nitrogens with one attached hydrogen (secondary N) is 2. The average molecular weight is 195 g/mol. The van der Waals surface area contributed by atoms with Gasteiger partial charge >= 0.3 is 0 Å². The minimum absolute atomic E-state index is 0.323. The van der Waals surface area contributed by atoms with Gasteiger partial charge in [0, 0.05) is 30.5 Å². The van der Waals surface area contributed by atoms with Gasteiger partial charge in [0.15, 0.2) is 0 Å². The molecule has 1 saturated heterocycles. The molecule has 2 heterocycles. The zero-order valence-corrected chi connectivity index (χ0v) is 8.66. The van der Waals surface area contributed by atoms with Crippen molar-refractivity contribution in [2.45, 2.75) is 38.5 Å². The van der Waals surface area contributed by atoms with E-state index in [0.29, 0.717) is 18.2 Å². The number of aromatic amines is 1. The van der Waals surface area contributed by atoms with Gasteiger partial charge in [-0.3, -0.25) is 5.10 Å². The van der Waals surface area contributed by atoms with Crippen molar-refractivity contribution in [1.82, 2.24) is 15.5 Å². The van der Waals surface area contributed by atoms with Gasteiger partial charge in [-0.05, 0) is 20.3 Å². The van der Waals surface area contributed by atoms with Gasteiger partial charge in [0.25, 0.3) is 0 Å². The minimum atomic E-state index is 0.323. The van der Waals surface area contributed by atoms with E-state index < -0.39 is 0 Å². The number of H-pyrrole nitrogens is 1. The van der Waals surface area contributed by atoms with Gasteiger partial charge in [0.05, 0.1) is 12.3 Å². The number of ether oxygens (including phenoxy) is 1. The summed E-state index contributed by atoms with van der Waals surface area (Å²) in [6.07, 6.45) is 5.21. The van der Waals surface area contributed by atoms with Crippen LogP contribution in [0.2, 0.25) is 0 Å². The zero-order chi connectivity index (χ0) is 9.97. The summed E-state index contributed by atoms with van der Waals surface area (Å²) >= 11 is 0. The molecule has 0 bridgehead atoms. The summed E-state index contributed by atoms with van der Waals surface area (Å²) in [5.74, 6) is 0. The van der Waals surface area contributed by atoms with Crippen LogP contribution in [0.4, 0.5) is 0 Å². The van der Waals surface area contributed by atoms with Crippen molar-refractivity contribution in [2.24, 2.45) is 0 Å². The molecule has 4 nitrogen and oxygen atoms in total. The van der Waals surface area contributed by atoms with Gasteiger partial charge in [-0.15, -0.1) is 0 Å². The first-order valence-corrected chi connectivity index (χ1v) is 5.13. The van der Waals surface area contributed by atoms with Crippen LogP contribution < -0.4 is 5.32 Å². The van der Waals surface area contributed by atoms with Gasteiger partial charge in [-0.25, -0.2) is 0 Å². The van der Waals surface area contributed by atoms with E-state index in [9.17, 15) is 0 Å². The maximum Gasteiger partial charge on any atom is 0.0700 e. The number of nitrogens with zero attached hydrogens (tertiary/aromatic N) is 1. The molecule has 3 atom stereocenters. The molecule has 3 unspecified atom stereocenters. The van der Waals surface area contributed by atoms with Crippen LogP contribution in [0.25, 0.3) is 0 Å². The first kappa shape index (κ1) is 9.68. The predicted octanol–water partition coefficient (Wildman–Crippen LogP) is 1.24. The molecule has 78 valence electrons. The fourth-order valence-corrected chi connectivity index (χ4v) is 1.87. The quantitative estimate of drug-likeness (QED) is 0.763. The standard InChI is InChI=1S/C10H17N3O/c1-7(9-5-11-12-6-9)13-10-3-4-14-8(10)2/h5-8,10,13H,3-4H2,1-2H3,(H,11,12). The van der Waals surface area contributed by atoms with Crippen LogP contribution in [0.5, 0.6) is 0 Å². The highest BCUT2D eigenvalue weighted by Crippen LogP contribution is 2.18. The molecule has 0 aliphatic carbocycles. The molecule has 1 aromatic heterocycles. The van der Waals surface area contributed by atoms with Crippen molar-refractivity contribution < 1.29 is 4.74 Å². The largest absolute Gasteiger partial charge is 0.377 e. The zero-order valence-electron chi connectivity index (χ0n) is 8.66. The highest BCUT2D eigenvalue weighted by atomic mass is 16.5. The maximum atomic E-state index is 5.50. The van der Waals surface area contributed by atoms with Gasteiger partial charge in [-0.2, -0.15) is 5.10 Å². The second kappa shape index (κ2) is 4.11. The third kappa shape index (κ3) is 1.96. The summed E-state index contributed by atoms with van der Waals surface area (Å²) < 4.78 is 5.50. The Morgan fingerprint density at radius 2 is 2.57 bits per heavy atom. The molecule has 1 fully saturated rings. The van der Waals surface area contributed by atoms with E-state index in [0.717, 1.165) is 13.0 Å². The third-order valence-corrected chi connectivity index (χ3v) is 2.86. The maximum absolute atomic E-state index is 5.50. The van der Waals surface area contributed by atoms with E-state index in [2.05, 4.69) is 29.4 Å². The fraction of sp³-hybridized carbons (Fsp3) is 0.700. The Morgan fingerprint density at radius 3 is 3.14 bits per heavy atom. The average Bonchev–Trinajstić information content (AvgIpc) is 2.77. The van der Waals surface area contributed by atoms with Gasteiger partial charge in [-0.1, -0.05) is 0 Å². The lowest BCUT2D eigenvalue weighted by atomic mass is 10.1. The number of hydrogen-bond donors (Lipinski definition) is 2. The number of rotatable bonds is 3. The second-order valence-corrected chi connectivity index (χ2v) is 3.89. The topological polar surface area (TPSA) is 49.9 Å². The van der Waals surface area contributed by atoms with Crippen LogP contribution in [0.15, 0.2) is 12.4 Å². The second-order valence-electron chi connectivity index (χ2n) is 3.89. The van der Waals surface area contributed by atoms with Crippen molar-refractivity contribution >= 4 is 0 Å². The minimum Gasteiger partial charge on any atom is -0.377 e.